The van der Waals surface area contributed by atoms with Gasteiger partial charge < -0.3 is 18.8 Å². The van der Waals surface area contributed by atoms with Crippen LogP contribution in [-0.2, 0) is 13.2 Å². The average Bonchev–Trinajstić information content (AvgIpc) is 3.12. The maximum Gasteiger partial charge on any atom is 0.161 e. The molecule has 0 aliphatic carbocycles. The Morgan fingerprint density at radius 1 is 0.833 bits per heavy atom. The van der Waals surface area contributed by atoms with Crippen LogP contribution in [0.25, 0.3) is 11.0 Å². The van der Waals surface area contributed by atoms with Gasteiger partial charge in [0.1, 0.15) is 24.8 Å². The standard InChI is InChI=1S/C25H26N2O3/c1-18-12-13-19(2)24(16-18)29-15-14-27-21-9-5-4-8-20(21)26-25(27)17-30-23-11-7-6-10-22(23)28-3/h4-13,16H,14-15,17H2,1-3H3. The summed E-state index contributed by atoms with van der Waals surface area (Å²) in [6, 6.07) is 22.0. The lowest BCUT2D eigenvalue weighted by atomic mass is 10.1. The van der Waals surface area contributed by atoms with Gasteiger partial charge in [-0.25, -0.2) is 4.98 Å². The maximum absolute atomic E-state index is 6.08. The van der Waals surface area contributed by atoms with Gasteiger partial charge in [-0.05, 0) is 55.3 Å². The van der Waals surface area contributed by atoms with Crippen LogP contribution in [0.15, 0.2) is 66.7 Å². The zero-order valence-electron chi connectivity index (χ0n) is 17.6. The van der Waals surface area contributed by atoms with Crippen LogP contribution >= 0.6 is 0 Å². The summed E-state index contributed by atoms with van der Waals surface area (Å²) >= 11 is 0. The Labute approximate surface area is 176 Å². The molecule has 4 aromatic rings. The van der Waals surface area contributed by atoms with Gasteiger partial charge in [-0.1, -0.05) is 36.4 Å². The molecule has 0 radical (unpaired) electrons. The highest BCUT2D eigenvalue weighted by Crippen LogP contribution is 2.27. The summed E-state index contributed by atoms with van der Waals surface area (Å²) in [6.07, 6.45) is 0. The first-order valence-electron chi connectivity index (χ1n) is 10.1. The summed E-state index contributed by atoms with van der Waals surface area (Å²) in [7, 11) is 1.64. The molecule has 1 heterocycles. The molecule has 4 rings (SSSR count). The number of imidazole rings is 1. The molecule has 0 unspecified atom stereocenters. The summed E-state index contributed by atoms with van der Waals surface area (Å²) < 4.78 is 19.7. The monoisotopic (exact) mass is 402 g/mol. The van der Waals surface area contributed by atoms with Crippen molar-refractivity contribution in [2.45, 2.75) is 27.0 Å². The van der Waals surface area contributed by atoms with Gasteiger partial charge in [0.2, 0.25) is 0 Å². The molecular weight excluding hydrogens is 376 g/mol. The number of aromatic nitrogens is 2. The average molecular weight is 402 g/mol. The molecule has 3 aromatic carbocycles. The van der Waals surface area contributed by atoms with E-state index in [0.717, 1.165) is 28.2 Å². The van der Waals surface area contributed by atoms with Crippen LogP contribution in [0.2, 0.25) is 0 Å². The maximum atomic E-state index is 6.08. The van der Waals surface area contributed by atoms with Gasteiger partial charge in [0.25, 0.3) is 0 Å². The van der Waals surface area contributed by atoms with E-state index in [1.165, 1.54) is 5.56 Å². The Morgan fingerprint density at radius 2 is 1.60 bits per heavy atom. The lowest BCUT2D eigenvalue weighted by molar-refractivity contribution is 0.261. The minimum absolute atomic E-state index is 0.346. The van der Waals surface area contributed by atoms with Crippen molar-refractivity contribution in [3.8, 4) is 17.2 Å². The van der Waals surface area contributed by atoms with Crippen molar-refractivity contribution in [2.75, 3.05) is 13.7 Å². The van der Waals surface area contributed by atoms with Crippen LogP contribution in [0.1, 0.15) is 17.0 Å². The van der Waals surface area contributed by atoms with Crippen molar-refractivity contribution in [1.29, 1.82) is 0 Å². The summed E-state index contributed by atoms with van der Waals surface area (Å²) in [5, 5.41) is 0. The molecule has 30 heavy (non-hydrogen) atoms. The Bertz CT molecular complexity index is 1150. The molecule has 1 aromatic heterocycles. The summed E-state index contributed by atoms with van der Waals surface area (Å²) in [4.78, 5) is 4.78. The molecule has 0 atom stereocenters. The second kappa shape index (κ2) is 8.91. The first-order chi connectivity index (χ1) is 14.7. The van der Waals surface area contributed by atoms with Gasteiger partial charge in [-0.3, -0.25) is 0 Å². The third kappa shape index (κ3) is 4.25. The third-order valence-electron chi connectivity index (χ3n) is 5.08. The molecule has 0 N–H and O–H groups in total. The van der Waals surface area contributed by atoms with Gasteiger partial charge in [0, 0.05) is 0 Å². The number of benzene rings is 3. The molecule has 0 fully saturated rings. The Balaban J connectivity index is 1.53. The van der Waals surface area contributed by atoms with Crippen molar-refractivity contribution >= 4 is 11.0 Å². The van der Waals surface area contributed by atoms with Crippen LogP contribution < -0.4 is 14.2 Å². The second-order valence-electron chi connectivity index (χ2n) is 7.23. The molecule has 0 spiro atoms. The van der Waals surface area contributed by atoms with Gasteiger partial charge in [0.15, 0.2) is 11.5 Å². The summed E-state index contributed by atoms with van der Waals surface area (Å²) in [5.74, 6) is 3.18. The van der Waals surface area contributed by atoms with Gasteiger partial charge in [0.05, 0.1) is 24.7 Å². The topological polar surface area (TPSA) is 45.5 Å². The second-order valence-corrected chi connectivity index (χ2v) is 7.23. The van der Waals surface area contributed by atoms with Crippen LogP contribution in [0.3, 0.4) is 0 Å². The van der Waals surface area contributed by atoms with E-state index in [0.29, 0.717) is 31.3 Å². The van der Waals surface area contributed by atoms with Gasteiger partial charge in [-0.15, -0.1) is 0 Å². The van der Waals surface area contributed by atoms with Crippen LogP contribution in [0.4, 0.5) is 0 Å². The predicted molar refractivity (Wildman–Crippen MR) is 118 cm³/mol. The highest BCUT2D eigenvalue weighted by atomic mass is 16.5. The highest BCUT2D eigenvalue weighted by Gasteiger charge is 2.13. The number of rotatable bonds is 8. The van der Waals surface area contributed by atoms with E-state index in [-0.39, 0.29) is 0 Å². The molecule has 0 saturated heterocycles. The minimum Gasteiger partial charge on any atom is -0.493 e. The lowest BCUT2D eigenvalue weighted by Gasteiger charge is -2.14. The van der Waals surface area contributed by atoms with Crippen LogP contribution in [-0.4, -0.2) is 23.3 Å². The molecule has 0 saturated carbocycles. The van der Waals surface area contributed by atoms with Crippen molar-refractivity contribution in [2.24, 2.45) is 0 Å². The zero-order chi connectivity index (χ0) is 20.9. The Morgan fingerprint density at radius 3 is 2.43 bits per heavy atom. The molecular formula is C25H26N2O3. The van der Waals surface area contributed by atoms with Crippen molar-refractivity contribution in [3.63, 3.8) is 0 Å². The molecule has 5 nitrogen and oxygen atoms in total. The number of methoxy groups -OCH3 is 1. The molecule has 0 bridgehead atoms. The number of hydrogen-bond acceptors (Lipinski definition) is 4. The number of ether oxygens (including phenoxy) is 3. The first-order valence-corrected chi connectivity index (χ1v) is 10.1. The third-order valence-corrected chi connectivity index (χ3v) is 5.08. The SMILES string of the molecule is COc1ccccc1OCc1nc2ccccc2n1CCOc1cc(C)ccc1C. The number of fused-ring (bicyclic) bond motifs is 1. The first kappa shape index (κ1) is 19.8. The lowest BCUT2D eigenvalue weighted by Crippen LogP contribution is -2.13. The van der Waals surface area contributed by atoms with Crippen molar-refractivity contribution in [1.82, 2.24) is 9.55 Å². The summed E-state index contributed by atoms with van der Waals surface area (Å²) in [6.45, 7) is 5.71. The molecule has 0 amide bonds. The molecule has 0 aliphatic rings. The molecule has 5 heteroatoms. The van der Waals surface area contributed by atoms with E-state index in [1.54, 1.807) is 7.11 Å². The van der Waals surface area contributed by atoms with E-state index in [1.807, 2.05) is 42.5 Å². The van der Waals surface area contributed by atoms with Gasteiger partial charge >= 0.3 is 0 Å². The minimum atomic E-state index is 0.346. The van der Waals surface area contributed by atoms with E-state index in [4.69, 9.17) is 19.2 Å². The number of nitrogens with zero attached hydrogens (tertiary/aromatic N) is 2. The fourth-order valence-corrected chi connectivity index (χ4v) is 3.48. The quantitative estimate of drug-likeness (QED) is 0.400. The van der Waals surface area contributed by atoms with E-state index >= 15 is 0 Å². The normalized spacial score (nSPS) is 10.9. The smallest absolute Gasteiger partial charge is 0.161 e. The summed E-state index contributed by atoms with van der Waals surface area (Å²) in [5.41, 5.74) is 4.34. The van der Waals surface area contributed by atoms with Crippen LogP contribution in [0, 0.1) is 13.8 Å². The molecule has 0 aliphatic heterocycles. The Hall–Kier alpha value is -3.47. The molecule has 154 valence electrons. The van der Waals surface area contributed by atoms with Crippen molar-refractivity contribution < 1.29 is 14.2 Å². The van der Waals surface area contributed by atoms with Crippen molar-refractivity contribution in [3.05, 3.63) is 83.7 Å². The Kier molecular flexibility index (Phi) is 5.89. The number of aryl methyl sites for hydroxylation is 2. The van der Waals surface area contributed by atoms with E-state index < -0.39 is 0 Å². The zero-order valence-corrected chi connectivity index (χ0v) is 17.6. The van der Waals surface area contributed by atoms with Gasteiger partial charge in [-0.2, -0.15) is 0 Å². The number of hydrogen-bond donors (Lipinski definition) is 0. The van der Waals surface area contributed by atoms with E-state index in [2.05, 4.69) is 42.7 Å². The largest absolute Gasteiger partial charge is 0.493 e. The highest BCUT2D eigenvalue weighted by molar-refractivity contribution is 5.75. The fraction of sp³-hybridized carbons (Fsp3) is 0.240. The predicted octanol–water partition coefficient (Wildman–Crippen LogP) is 5.32. The fourth-order valence-electron chi connectivity index (χ4n) is 3.48. The number of para-hydroxylation sites is 4. The van der Waals surface area contributed by atoms with Crippen LogP contribution in [0.5, 0.6) is 17.2 Å². The van der Waals surface area contributed by atoms with E-state index in [9.17, 15) is 0 Å².